The smallest absolute Gasteiger partial charge is 0.264 e. The van der Waals surface area contributed by atoms with Crippen molar-refractivity contribution in [1.29, 1.82) is 0 Å². The monoisotopic (exact) mass is 400 g/mol. The maximum Gasteiger partial charge on any atom is 0.264 e. The van der Waals surface area contributed by atoms with Crippen LogP contribution in [0.15, 0.2) is 30.3 Å². The van der Waals surface area contributed by atoms with Gasteiger partial charge in [-0.1, -0.05) is 38.1 Å². The highest BCUT2D eigenvalue weighted by Gasteiger charge is 2.21. The molecule has 0 saturated carbocycles. The largest absolute Gasteiger partial charge is 0.348 e. The molecular weight excluding hydrogens is 374 g/mol. The minimum atomic E-state index is -2.63. The summed E-state index contributed by atoms with van der Waals surface area (Å²) in [6.45, 7) is 9.39. The van der Waals surface area contributed by atoms with Crippen LogP contribution in [-0.4, -0.2) is 20.7 Å². The second kappa shape index (κ2) is 8.27. The van der Waals surface area contributed by atoms with Gasteiger partial charge in [-0.15, -0.1) is 0 Å². The minimum Gasteiger partial charge on any atom is -0.348 e. The first-order valence-electron chi connectivity index (χ1n) is 9.69. The number of nitrogens with one attached hydrogen (secondary N) is 1. The third-order valence-corrected chi connectivity index (χ3v) is 5.05. The Kier molecular flexibility index (Phi) is 5.96. The molecule has 0 aliphatic carbocycles. The number of aromatic nitrogens is 3. The highest BCUT2D eigenvalue weighted by atomic mass is 19.3. The normalized spacial score (nSPS) is 12.7. The molecule has 2 heterocycles. The number of hydrogen-bond acceptors (Lipinski definition) is 3. The lowest BCUT2D eigenvalue weighted by atomic mass is 9.99. The molecule has 0 aliphatic heterocycles. The van der Waals surface area contributed by atoms with Gasteiger partial charge in [0.2, 0.25) is 5.91 Å². The molecular formula is C22H26F2N4O. The fourth-order valence-electron chi connectivity index (χ4n) is 3.48. The number of benzene rings is 1. The van der Waals surface area contributed by atoms with Crippen LogP contribution in [0.4, 0.5) is 8.78 Å². The maximum atomic E-state index is 13.4. The Balaban J connectivity index is 1.79. The second-order valence-corrected chi connectivity index (χ2v) is 7.71. The highest BCUT2D eigenvalue weighted by molar-refractivity contribution is 5.84. The van der Waals surface area contributed by atoms with Gasteiger partial charge in [-0.25, -0.2) is 18.4 Å². The number of nitrogens with zero attached hydrogens (tertiary/aromatic N) is 3. The number of aryl methyl sites for hydroxylation is 2. The van der Waals surface area contributed by atoms with Crippen molar-refractivity contribution < 1.29 is 13.6 Å². The molecule has 29 heavy (non-hydrogen) atoms. The number of carbonyl (C=O) groups is 1. The molecule has 0 spiro atoms. The molecule has 0 saturated heterocycles. The lowest BCUT2D eigenvalue weighted by molar-refractivity contribution is -0.122. The molecule has 1 amide bonds. The Morgan fingerprint density at radius 2 is 1.72 bits per heavy atom. The molecule has 7 heteroatoms. The molecule has 154 valence electrons. The fraction of sp³-hybridized carbons (Fsp3) is 0.409. The molecule has 0 fully saturated rings. The Morgan fingerprint density at radius 1 is 1.10 bits per heavy atom. The van der Waals surface area contributed by atoms with Gasteiger partial charge in [0.25, 0.3) is 6.43 Å². The van der Waals surface area contributed by atoms with E-state index in [4.69, 9.17) is 0 Å². The molecule has 3 rings (SSSR count). The summed E-state index contributed by atoms with van der Waals surface area (Å²) in [7, 11) is 0. The van der Waals surface area contributed by atoms with Crippen LogP contribution in [0.2, 0.25) is 0 Å². The van der Waals surface area contributed by atoms with Gasteiger partial charge in [0.1, 0.15) is 6.54 Å². The molecule has 2 aromatic heterocycles. The van der Waals surface area contributed by atoms with Gasteiger partial charge in [0.15, 0.2) is 5.65 Å². The van der Waals surface area contributed by atoms with E-state index in [0.717, 1.165) is 5.56 Å². The summed E-state index contributed by atoms with van der Waals surface area (Å²) in [5, 5.41) is 7.54. The topological polar surface area (TPSA) is 59.8 Å². The predicted molar refractivity (Wildman–Crippen MR) is 109 cm³/mol. The number of pyridine rings is 1. The van der Waals surface area contributed by atoms with Crippen LogP contribution in [0.1, 0.15) is 67.2 Å². The summed E-state index contributed by atoms with van der Waals surface area (Å²) in [6, 6.07) is 9.32. The number of amides is 1. The van der Waals surface area contributed by atoms with Crippen LogP contribution in [0.3, 0.4) is 0 Å². The van der Waals surface area contributed by atoms with Crippen molar-refractivity contribution in [2.75, 3.05) is 0 Å². The third-order valence-electron chi connectivity index (χ3n) is 5.05. The average molecular weight is 400 g/mol. The van der Waals surface area contributed by atoms with E-state index in [-0.39, 0.29) is 24.1 Å². The first-order chi connectivity index (χ1) is 13.7. The zero-order valence-electron chi connectivity index (χ0n) is 17.3. The summed E-state index contributed by atoms with van der Waals surface area (Å²) in [4.78, 5) is 16.9. The van der Waals surface area contributed by atoms with Crippen molar-refractivity contribution in [3.63, 3.8) is 0 Å². The second-order valence-electron chi connectivity index (χ2n) is 7.71. The number of hydrogen-bond donors (Lipinski definition) is 1. The van der Waals surface area contributed by atoms with E-state index in [9.17, 15) is 13.6 Å². The zero-order valence-corrected chi connectivity index (χ0v) is 17.3. The Labute approximate surface area is 169 Å². The number of rotatable bonds is 6. The van der Waals surface area contributed by atoms with Crippen molar-refractivity contribution in [2.45, 2.75) is 59.5 Å². The van der Waals surface area contributed by atoms with Gasteiger partial charge >= 0.3 is 0 Å². The van der Waals surface area contributed by atoms with Crippen molar-refractivity contribution >= 4 is 16.9 Å². The van der Waals surface area contributed by atoms with Crippen LogP contribution in [-0.2, 0) is 11.3 Å². The van der Waals surface area contributed by atoms with E-state index >= 15 is 0 Å². The van der Waals surface area contributed by atoms with E-state index in [1.54, 1.807) is 13.8 Å². The lowest BCUT2D eigenvalue weighted by Gasteiger charge is -2.16. The lowest BCUT2D eigenvalue weighted by Crippen LogP contribution is -2.30. The Bertz CT molecular complexity index is 1030. The summed E-state index contributed by atoms with van der Waals surface area (Å²) in [5.41, 5.74) is 3.35. The van der Waals surface area contributed by atoms with Crippen molar-refractivity contribution in [3.05, 3.63) is 58.4 Å². The molecule has 3 aromatic rings. The molecule has 0 bridgehead atoms. The number of fused-ring (bicyclic) bond motifs is 1. The van der Waals surface area contributed by atoms with Gasteiger partial charge in [-0.3, -0.25) is 4.79 Å². The molecule has 1 N–H and O–H groups in total. The third kappa shape index (κ3) is 4.44. The van der Waals surface area contributed by atoms with E-state index in [2.05, 4.69) is 41.4 Å². The number of alkyl halides is 2. The van der Waals surface area contributed by atoms with Crippen LogP contribution < -0.4 is 5.32 Å². The quantitative estimate of drug-likeness (QED) is 0.634. The van der Waals surface area contributed by atoms with E-state index in [1.807, 2.05) is 19.1 Å². The van der Waals surface area contributed by atoms with Gasteiger partial charge in [-0.05, 0) is 43.9 Å². The maximum absolute atomic E-state index is 13.4. The Hall–Kier alpha value is -2.83. The first kappa shape index (κ1) is 20.9. The molecule has 0 radical (unpaired) electrons. The highest BCUT2D eigenvalue weighted by Crippen LogP contribution is 2.30. The van der Waals surface area contributed by atoms with E-state index < -0.39 is 6.43 Å². The van der Waals surface area contributed by atoms with Gasteiger partial charge < -0.3 is 5.32 Å². The summed E-state index contributed by atoms with van der Waals surface area (Å²) in [6.07, 6.45) is -2.63. The molecule has 1 aromatic carbocycles. The van der Waals surface area contributed by atoms with Crippen LogP contribution in [0.25, 0.3) is 11.0 Å². The van der Waals surface area contributed by atoms with E-state index in [1.165, 1.54) is 16.3 Å². The summed E-state index contributed by atoms with van der Waals surface area (Å²) < 4.78 is 28.2. The SMILES string of the molecule is Cc1cc(C(F)F)c2c(C)nn(CC(=O)NC(C)c3ccc(C(C)C)cc3)c2n1. The van der Waals surface area contributed by atoms with Gasteiger partial charge in [0, 0.05) is 11.3 Å². The van der Waals surface area contributed by atoms with Gasteiger partial charge in [-0.2, -0.15) is 5.10 Å². The molecule has 1 atom stereocenters. The minimum absolute atomic E-state index is 0.0854. The van der Waals surface area contributed by atoms with Crippen molar-refractivity contribution in [3.8, 4) is 0 Å². The van der Waals surface area contributed by atoms with E-state index in [0.29, 0.717) is 28.3 Å². The van der Waals surface area contributed by atoms with Crippen LogP contribution in [0, 0.1) is 13.8 Å². The van der Waals surface area contributed by atoms with Gasteiger partial charge in [0.05, 0.1) is 17.1 Å². The van der Waals surface area contributed by atoms with Crippen LogP contribution in [0.5, 0.6) is 0 Å². The number of carbonyl (C=O) groups excluding carboxylic acids is 1. The summed E-state index contributed by atoms with van der Waals surface area (Å²) in [5.74, 6) is 0.191. The zero-order chi connectivity index (χ0) is 21.3. The molecule has 5 nitrogen and oxygen atoms in total. The molecule has 0 aliphatic rings. The fourth-order valence-corrected chi connectivity index (χ4v) is 3.48. The summed E-state index contributed by atoms with van der Waals surface area (Å²) >= 11 is 0. The number of halogens is 2. The first-order valence-corrected chi connectivity index (χ1v) is 9.69. The van der Waals surface area contributed by atoms with Crippen molar-refractivity contribution in [1.82, 2.24) is 20.1 Å². The van der Waals surface area contributed by atoms with Crippen molar-refractivity contribution in [2.24, 2.45) is 0 Å². The predicted octanol–water partition coefficient (Wildman–Crippen LogP) is 4.99. The Morgan fingerprint density at radius 3 is 2.31 bits per heavy atom. The van der Waals surface area contributed by atoms with Crippen LogP contribution >= 0.6 is 0 Å². The average Bonchev–Trinajstić information content (AvgIpc) is 2.96. The standard InChI is InChI=1S/C22H26F2N4O/c1-12(2)16-6-8-17(9-7-16)14(4)26-19(29)11-28-22-20(15(5)27-28)18(21(23)24)10-13(3)25-22/h6-10,12,14,21H,11H2,1-5H3,(H,26,29). The molecule has 1 unspecified atom stereocenters.